The second kappa shape index (κ2) is 5.52. The van der Waals surface area contributed by atoms with Crippen LogP contribution in [-0.4, -0.2) is 16.0 Å². The number of rotatable bonds is 4. The first-order valence-corrected chi connectivity index (χ1v) is 7.02. The fraction of sp³-hybridized carbons (Fsp3) is 0.462. The van der Waals surface area contributed by atoms with Gasteiger partial charge < -0.3 is 9.84 Å². The number of carbonyl (C=O) groups excluding carboxylic acids is 1. The molecule has 2 aromatic heterocycles. The molecule has 0 fully saturated rings. The smallest absolute Gasteiger partial charge is 0.257 e. The zero-order valence-electron chi connectivity index (χ0n) is 11.5. The Hall–Kier alpha value is -1.69. The molecule has 0 bridgehead atoms. The molecule has 1 N–H and O–H groups in total. The monoisotopic (exact) mass is 279 g/mol. The summed E-state index contributed by atoms with van der Waals surface area (Å²) in [6.07, 6.45) is 0. The number of nitrogens with zero attached hydrogens (tertiary/aromatic N) is 2. The third-order valence-electron chi connectivity index (χ3n) is 2.82. The number of carbonyl (C=O) groups is 1. The maximum atomic E-state index is 12.0. The molecule has 0 atom stereocenters. The van der Waals surface area contributed by atoms with Crippen LogP contribution in [0.25, 0.3) is 0 Å². The van der Waals surface area contributed by atoms with Gasteiger partial charge in [0.25, 0.3) is 5.91 Å². The van der Waals surface area contributed by atoms with E-state index in [1.165, 1.54) is 0 Å². The molecule has 0 unspecified atom stereocenters. The van der Waals surface area contributed by atoms with Gasteiger partial charge in [-0.25, -0.2) is 4.98 Å². The van der Waals surface area contributed by atoms with Crippen LogP contribution in [-0.2, 0) is 6.54 Å². The van der Waals surface area contributed by atoms with Crippen molar-refractivity contribution in [2.45, 2.75) is 40.2 Å². The molecule has 6 heteroatoms. The third kappa shape index (κ3) is 3.01. The number of hydrogen-bond donors (Lipinski definition) is 1. The first-order valence-electron chi connectivity index (χ1n) is 6.14. The van der Waals surface area contributed by atoms with Gasteiger partial charge >= 0.3 is 0 Å². The molecule has 0 aliphatic rings. The van der Waals surface area contributed by atoms with E-state index in [2.05, 4.69) is 29.3 Å². The Labute approximate surface area is 116 Å². The summed E-state index contributed by atoms with van der Waals surface area (Å²) >= 11 is 1.56. The number of aryl methyl sites for hydroxylation is 2. The summed E-state index contributed by atoms with van der Waals surface area (Å²) in [5, 5.41) is 9.55. The van der Waals surface area contributed by atoms with Crippen LogP contribution in [0.4, 0.5) is 0 Å². The third-order valence-corrected chi connectivity index (χ3v) is 3.69. The molecule has 0 aromatic carbocycles. The molecule has 102 valence electrons. The molecule has 0 radical (unpaired) electrons. The molecule has 2 aromatic rings. The van der Waals surface area contributed by atoms with E-state index >= 15 is 0 Å². The molecule has 0 aliphatic heterocycles. The van der Waals surface area contributed by atoms with Gasteiger partial charge in [0.15, 0.2) is 0 Å². The van der Waals surface area contributed by atoms with Crippen LogP contribution in [0.1, 0.15) is 52.3 Å². The quantitative estimate of drug-likeness (QED) is 0.934. The van der Waals surface area contributed by atoms with Gasteiger partial charge in [-0.3, -0.25) is 4.79 Å². The standard InChI is InChI=1S/C13H17N3O2S/c1-7(2)10-6-19-11(15-10)5-14-13(17)12-8(3)16-18-9(12)4/h6-7H,5H2,1-4H3,(H,14,17). The lowest BCUT2D eigenvalue weighted by Gasteiger charge is -2.02. The average molecular weight is 279 g/mol. The maximum absolute atomic E-state index is 12.0. The molecule has 0 saturated heterocycles. The maximum Gasteiger partial charge on any atom is 0.257 e. The second-order valence-electron chi connectivity index (χ2n) is 4.70. The van der Waals surface area contributed by atoms with E-state index in [1.54, 1.807) is 25.2 Å². The van der Waals surface area contributed by atoms with Crippen LogP contribution in [0.2, 0.25) is 0 Å². The zero-order valence-corrected chi connectivity index (χ0v) is 12.3. The first-order chi connectivity index (χ1) is 8.99. The lowest BCUT2D eigenvalue weighted by atomic mass is 10.2. The minimum absolute atomic E-state index is 0.169. The Kier molecular flexibility index (Phi) is 3.99. The summed E-state index contributed by atoms with van der Waals surface area (Å²) in [5.74, 6) is 0.776. The van der Waals surface area contributed by atoms with Gasteiger partial charge in [0, 0.05) is 5.38 Å². The Bertz CT molecular complexity index is 567. The Balaban J connectivity index is 2.00. The van der Waals surface area contributed by atoms with E-state index in [0.29, 0.717) is 29.5 Å². The van der Waals surface area contributed by atoms with Gasteiger partial charge in [-0.15, -0.1) is 11.3 Å². The van der Waals surface area contributed by atoms with E-state index in [4.69, 9.17) is 4.52 Å². The van der Waals surface area contributed by atoms with Crippen LogP contribution in [0.15, 0.2) is 9.90 Å². The minimum atomic E-state index is -0.169. The van der Waals surface area contributed by atoms with Crippen LogP contribution < -0.4 is 5.32 Å². The highest BCUT2D eigenvalue weighted by atomic mass is 32.1. The van der Waals surface area contributed by atoms with Crippen molar-refractivity contribution in [1.82, 2.24) is 15.5 Å². The lowest BCUT2D eigenvalue weighted by Crippen LogP contribution is -2.23. The van der Waals surface area contributed by atoms with Crippen molar-refractivity contribution in [3.8, 4) is 0 Å². The van der Waals surface area contributed by atoms with Gasteiger partial charge in [-0.05, 0) is 19.8 Å². The molecule has 19 heavy (non-hydrogen) atoms. The van der Waals surface area contributed by atoms with Gasteiger partial charge in [-0.1, -0.05) is 19.0 Å². The molecule has 0 spiro atoms. The molecule has 0 aliphatic carbocycles. The van der Waals surface area contributed by atoms with Gasteiger partial charge in [-0.2, -0.15) is 0 Å². The van der Waals surface area contributed by atoms with Gasteiger partial charge in [0.2, 0.25) is 0 Å². The van der Waals surface area contributed by atoms with Gasteiger partial charge in [0.05, 0.1) is 17.9 Å². The average Bonchev–Trinajstić information content (AvgIpc) is 2.94. The van der Waals surface area contributed by atoms with Crippen LogP contribution in [0, 0.1) is 13.8 Å². The second-order valence-corrected chi connectivity index (χ2v) is 5.65. The summed E-state index contributed by atoms with van der Waals surface area (Å²) in [5.41, 5.74) is 2.18. The Morgan fingerprint density at radius 2 is 2.21 bits per heavy atom. The molecule has 1 amide bonds. The van der Waals surface area contributed by atoms with Crippen molar-refractivity contribution in [2.24, 2.45) is 0 Å². The number of aromatic nitrogens is 2. The van der Waals surface area contributed by atoms with Crippen molar-refractivity contribution in [2.75, 3.05) is 0 Å². The largest absolute Gasteiger partial charge is 0.361 e. The highest BCUT2D eigenvalue weighted by molar-refractivity contribution is 7.09. The summed E-state index contributed by atoms with van der Waals surface area (Å²) in [6, 6.07) is 0. The molecular weight excluding hydrogens is 262 g/mol. The molecule has 2 rings (SSSR count). The Morgan fingerprint density at radius 1 is 1.47 bits per heavy atom. The zero-order chi connectivity index (χ0) is 14.0. The molecular formula is C13H17N3O2S. The Morgan fingerprint density at radius 3 is 2.74 bits per heavy atom. The summed E-state index contributed by atoms with van der Waals surface area (Å²) in [6.45, 7) is 8.11. The summed E-state index contributed by atoms with van der Waals surface area (Å²) < 4.78 is 4.98. The number of nitrogens with one attached hydrogen (secondary N) is 1. The highest BCUT2D eigenvalue weighted by Crippen LogP contribution is 2.18. The van der Waals surface area contributed by atoms with E-state index in [0.717, 1.165) is 10.7 Å². The fourth-order valence-corrected chi connectivity index (χ4v) is 2.62. The summed E-state index contributed by atoms with van der Waals surface area (Å²) in [7, 11) is 0. The minimum Gasteiger partial charge on any atom is -0.361 e. The van der Waals surface area contributed by atoms with Crippen LogP contribution >= 0.6 is 11.3 Å². The van der Waals surface area contributed by atoms with E-state index in [9.17, 15) is 4.79 Å². The first kappa shape index (κ1) is 13.7. The van der Waals surface area contributed by atoms with Crippen molar-refractivity contribution in [3.05, 3.63) is 33.1 Å². The SMILES string of the molecule is Cc1noc(C)c1C(=O)NCc1nc(C(C)C)cs1. The fourth-order valence-electron chi connectivity index (χ4n) is 1.72. The van der Waals surface area contributed by atoms with E-state index in [1.807, 2.05) is 5.38 Å². The predicted octanol–water partition coefficient (Wildman–Crippen LogP) is 2.80. The van der Waals surface area contributed by atoms with E-state index in [-0.39, 0.29) is 5.91 Å². The van der Waals surface area contributed by atoms with Gasteiger partial charge in [0.1, 0.15) is 16.3 Å². The lowest BCUT2D eigenvalue weighted by molar-refractivity contribution is 0.0949. The normalized spacial score (nSPS) is 11.0. The summed E-state index contributed by atoms with van der Waals surface area (Å²) in [4.78, 5) is 16.5. The number of hydrogen-bond acceptors (Lipinski definition) is 5. The molecule has 0 saturated carbocycles. The van der Waals surface area contributed by atoms with Crippen LogP contribution in [0.5, 0.6) is 0 Å². The van der Waals surface area contributed by atoms with Crippen molar-refractivity contribution >= 4 is 17.2 Å². The number of amides is 1. The van der Waals surface area contributed by atoms with Crippen molar-refractivity contribution in [1.29, 1.82) is 0 Å². The molecule has 5 nitrogen and oxygen atoms in total. The number of thiazole rings is 1. The predicted molar refractivity (Wildman–Crippen MR) is 73.4 cm³/mol. The molecule has 2 heterocycles. The highest BCUT2D eigenvalue weighted by Gasteiger charge is 2.17. The van der Waals surface area contributed by atoms with Crippen molar-refractivity contribution in [3.63, 3.8) is 0 Å². The van der Waals surface area contributed by atoms with Crippen LogP contribution in [0.3, 0.4) is 0 Å². The van der Waals surface area contributed by atoms with Crippen molar-refractivity contribution < 1.29 is 9.32 Å². The van der Waals surface area contributed by atoms with E-state index < -0.39 is 0 Å². The topological polar surface area (TPSA) is 68.0 Å².